The van der Waals surface area contributed by atoms with Crippen molar-refractivity contribution < 1.29 is 39.3 Å². The predicted molar refractivity (Wildman–Crippen MR) is 95.9 cm³/mol. The van der Waals surface area contributed by atoms with E-state index in [1.165, 1.54) is 12.1 Å². The van der Waals surface area contributed by atoms with Crippen LogP contribution in [0.2, 0.25) is 0 Å². The highest BCUT2D eigenvalue weighted by Gasteiger charge is 2.42. The van der Waals surface area contributed by atoms with Crippen LogP contribution in [0.25, 0.3) is 0 Å². The molecule has 10 heteroatoms. The van der Waals surface area contributed by atoms with Gasteiger partial charge < -0.3 is 15.3 Å². The normalized spacial score (nSPS) is 14.7. The van der Waals surface area contributed by atoms with E-state index in [1.54, 1.807) is 12.1 Å². The fourth-order valence-corrected chi connectivity index (χ4v) is 2.29. The molecule has 2 unspecified atom stereocenters. The number of benzene rings is 1. The maximum atomic E-state index is 12.1. The number of carboxylic acid groups (broad SMARTS) is 3. The summed E-state index contributed by atoms with van der Waals surface area (Å²) in [6.07, 6.45) is -0.129. The molecular weight excluding hydrogens is 426 g/mol. The van der Waals surface area contributed by atoms with Crippen LogP contribution in [0.1, 0.15) is 46.9 Å². The van der Waals surface area contributed by atoms with Crippen molar-refractivity contribution in [2.75, 3.05) is 0 Å². The smallest absolute Gasteiger partial charge is 0.326 e. The second-order valence-corrected chi connectivity index (χ2v) is 6.63. The highest BCUT2D eigenvalue weighted by atomic mass is 79.9. The third-order valence-electron chi connectivity index (χ3n) is 3.68. The van der Waals surface area contributed by atoms with E-state index in [1.807, 2.05) is 6.92 Å². The summed E-state index contributed by atoms with van der Waals surface area (Å²) in [7, 11) is 0. The summed E-state index contributed by atoms with van der Waals surface area (Å²) in [4.78, 5) is 56.1. The first-order valence-corrected chi connectivity index (χ1v) is 8.81. The van der Waals surface area contributed by atoms with E-state index in [0.29, 0.717) is 11.3 Å². The zero-order valence-electron chi connectivity index (χ0n) is 14.3. The molecule has 0 saturated carbocycles. The molecule has 27 heavy (non-hydrogen) atoms. The molecule has 1 aromatic carbocycles. The lowest BCUT2D eigenvalue weighted by molar-refractivity contribution is -0.143. The average Bonchev–Trinajstić information content (AvgIpc) is 2.86. The minimum absolute atomic E-state index is 0.138. The van der Waals surface area contributed by atoms with E-state index in [4.69, 9.17) is 15.3 Å². The molecule has 0 spiro atoms. The van der Waals surface area contributed by atoms with E-state index < -0.39 is 42.2 Å². The van der Waals surface area contributed by atoms with Gasteiger partial charge in [-0.3, -0.25) is 24.1 Å². The van der Waals surface area contributed by atoms with Crippen LogP contribution in [-0.4, -0.2) is 60.8 Å². The molecule has 1 aromatic rings. The first-order valence-electron chi connectivity index (χ1n) is 7.90. The summed E-state index contributed by atoms with van der Waals surface area (Å²) in [5.74, 6) is -4.79. The second-order valence-electron chi connectivity index (χ2n) is 5.53. The summed E-state index contributed by atoms with van der Waals surface area (Å²) in [6, 6.07) is 4.54. The van der Waals surface area contributed by atoms with Gasteiger partial charge >= 0.3 is 17.9 Å². The summed E-state index contributed by atoms with van der Waals surface area (Å²) < 4.78 is 0. The standard InChI is InChI=1S/C13H11NO6.C4H7BrO2/c15-10(16)6-5-9(13(19)20)14-11(17)7-3-1-2-4-8(7)12(14)18;1-2-3(5)4(6)7/h1-4,9H,5-6H2,(H,15,16)(H,19,20);3H,2H2,1H3,(H,6,7). The number of imide groups is 1. The van der Waals surface area contributed by atoms with Gasteiger partial charge in [0.2, 0.25) is 0 Å². The fourth-order valence-electron chi connectivity index (χ4n) is 2.29. The minimum atomic E-state index is -1.47. The monoisotopic (exact) mass is 443 g/mol. The van der Waals surface area contributed by atoms with Crippen LogP contribution in [0.3, 0.4) is 0 Å². The molecule has 1 heterocycles. The van der Waals surface area contributed by atoms with Crippen molar-refractivity contribution in [2.45, 2.75) is 37.1 Å². The number of carbonyl (C=O) groups is 5. The molecule has 0 saturated heterocycles. The number of hydrogen-bond donors (Lipinski definition) is 3. The number of aliphatic carboxylic acids is 3. The van der Waals surface area contributed by atoms with E-state index >= 15 is 0 Å². The van der Waals surface area contributed by atoms with E-state index in [2.05, 4.69) is 15.9 Å². The molecular formula is C17H18BrNO8. The number of fused-ring (bicyclic) bond motifs is 1. The number of alkyl halides is 1. The lowest BCUT2D eigenvalue weighted by Gasteiger charge is -2.21. The van der Waals surface area contributed by atoms with Gasteiger partial charge in [0.25, 0.3) is 11.8 Å². The third-order valence-corrected chi connectivity index (χ3v) is 4.72. The van der Waals surface area contributed by atoms with Crippen LogP contribution in [0.4, 0.5) is 0 Å². The Balaban J connectivity index is 0.000000445. The molecule has 9 nitrogen and oxygen atoms in total. The number of nitrogens with zero attached hydrogens (tertiary/aromatic N) is 1. The SMILES string of the molecule is CCC(Br)C(=O)O.O=C(O)CCC(C(=O)O)N1C(=O)c2ccccc2C1=O. The quantitative estimate of drug-likeness (QED) is 0.426. The fraction of sp³-hybridized carbons (Fsp3) is 0.353. The van der Waals surface area contributed by atoms with Gasteiger partial charge in [0.15, 0.2) is 0 Å². The Kier molecular flexibility index (Phi) is 8.10. The lowest BCUT2D eigenvalue weighted by Crippen LogP contribution is -2.45. The maximum Gasteiger partial charge on any atom is 0.326 e. The second kappa shape index (κ2) is 9.81. The first-order chi connectivity index (χ1) is 12.6. The number of rotatable bonds is 7. The Hall–Kier alpha value is -2.75. The largest absolute Gasteiger partial charge is 0.481 e. The molecule has 0 fully saturated rings. The Labute approximate surface area is 162 Å². The van der Waals surface area contributed by atoms with Crippen molar-refractivity contribution in [1.82, 2.24) is 4.90 Å². The molecule has 2 rings (SSSR count). The topological polar surface area (TPSA) is 149 Å². The molecule has 146 valence electrons. The molecule has 0 radical (unpaired) electrons. The zero-order chi connectivity index (χ0) is 20.7. The van der Waals surface area contributed by atoms with Crippen LogP contribution in [-0.2, 0) is 14.4 Å². The number of carbonyl (C=O) groups excluding carboxylic acids is 2. The summed E-state index contributed by atoms with van der Waals surface area (Å²) in [6.45, 7) is 1.81. The summed E-state index contributed by atoms with van der Waals surface area (Å²) in [5, 5.41) is 25.9. The number of halogens is 1. The highest BCUT2D eigenvalue weighted by molar-refractivity contribution is 9.10. The molecule has 1 aliphatic rings. The minimum Gasteiger partial charge on any atom is -0.481 e. The molecule has 0 bridgehead atoms. The van der Waals surface area contributed by atoms with Crippen molar-refractivity contribution in [1.29, 1.82) is 0 Å². The first kappa shape index (κ1) is 22.3. The van der Waals surface area contributed by atoms with Crippen molar-refractivity contribution in [3.8, 4) is 0 Å². The van der Waals surface area contributed by atoms with E-state index in [-0.39, 0.29) is 22.4 Å². The van der Waals surface area contributed by atoms with E-state index in [9.17, 15) is 24.0 Å². The summed E-state index contributed by atoms with van der Waals surface area (Å²) >= 11 is 2.94. The van der Waals surface area contributed by atoms with Gasteiger partial charge in [-0.05, 0) is 25.0 Å². The average molecular weight is 444 g/mol. The Morgan fingerprint density at radius 2 is 1.48 bits per heavy atom. The van der Waals surface area contributed by atoms with Crippen LogP contribution < -0.4 is 0 Å². The van der Waals surface area contributed by atoms with Gasteiger partial charge in [0, 0.05) is 6.42 Å². The van der Waals surface area contributed by atoms with Gasteiger partial charge in [0.05, 0.1) is 11.1 Å². The van der Waals surface area contributed by atoms with Crippen LogP contribution in [0.15, 0.2) is 24.3 Å². The molecule has 2 atom stereocenters. The van der Waals surface area contributed by atoms with Crippen molar-refractivity contribution in [3.63, 3.8) is 0 Å². The molecule has 1 aliphatic heterocycles. The van der Waals surface area contributed by atoms with Gasteiger partial charge in [-0.1, -0.05) is 35.0 Å². The number of hydrogen-bond acceptors (Lipinski definition) is 5. The highest BCUT2D eigenvalue weighted by Crippen LogP contribution is 2.26. The van der Waals surface area contributed by atoms with Gasteiger partial charge in [-0.25, -0.2) is 4.79 Å². The molecule has 3 N–H and O–H groups in total. The third kappa shape index (κ3) is 5.61. The summed E-state index contributed by atoms with van der Waals surface area (Å²) in [5.41, 5.74) is 0.276. The predicted octanol–water partition coefficient (Wildman–Crippen LogP) is 1.85. The maximum absolute atomic E-state index is 12.1. The van der Waals surface area contributed by atoms with Crippen molar-refractivity contribution in [3.05, 3.63) is 35.4 Å². The Morgan fingerprint density at radius 3 is 1.78 bits per heavy atom. The molecule has 2 amide bonds. The molecule has 0 aromatic heterocycles. The molecule has 0 aliphatic carbocycles. The number of carboxylic acids is 3. The Morgan fingerprint density at radius 1 is 1.00 bits per heavy atom. The van der Waals surface area contributed by atoms with Crippen LogP contribution in [0.5, 0.6) is 0 Å². The van der Waals surface area contributed by atoms with Gasteiger partial charge in [-0.2, -0.15) is 0 Å². The van der Waals surface area contributed by atoms with Gasteiger partial charge in [-0.15, -0.1) is 0 Å². The zero-order valence-corrected chi connectivity index (χ0v) is 15.9. The van der Waals surface area contributed by atoms with E-state index in [0.717, 1.165) is 0 Å². The van der Waals surface area contributed by atoms with Crippen molar-refractivity contribution in [2.24, 2.45) is 0 Å². The van der Waals surface area contributed by atoms with Crippen LogP contribution >= 0.6 is 15.9 Å². The lowest BCUT2D eigenvalue weighted by atomic mass is 10.1. The Bertz CT molecular complexity index is 728. The van der Waals surface area contributed by atoms with Crippen LogP contribution in [0, 0.1) is 0 Å². The van der Waals surface area contributed by atoms with Gasteiger partial charge in [0.1, 0.15) is 10.9 Å². The number of amides is 2. The van der Waals surface area contributed by atoms with Crippen molar-refractivity contribution >= 4 is 45.7 Å².